The fraction of sp³-hybridized carbons (Fsp3) is 0.533. The van der Waals surface area contributed by atoms with Gasteiger partial charge in [-0.05, 0) is 37.5 Å². The summed E-state index contributed by atoms with van der Waals surface area (Å²) in [5.41, 5.74) is 4.91. The van der Waals surface area contributed by atoms with Crippen LogP contribution in [0, 0.1) is 13.8 Å². The number of anilines is 2. The lowest BCUT2D eigenvalue weighted by atomic mass is 10.1. The SMILES string of the molecule is Cc1cc(C)c2c(c1)N(C)CCCN2CCC(=O)O. The zero-order valence-corrected chi connectivity index (χ0v) is 11.9. The Bertz CT molecular complexity index is 485. The lowest BCUT2D eigenvalue weighted by Crippen LogP contribution is -2.27. The highest BCUT2D eigenvalue weighted by atomic mass is 16.4. The molecule has 4 nitrogen and oxygen atoms in total. The van der Waals surface area contributed by atoms with E-state index >= 15 is 0 Å². The van der Waals surface area contributed by atoms with Crippen molar-refractivity contribution >= 4 is 17.3 Å². The Morgan fingerprint density at radius 3 is 2.74 bits per heavy atom. The summed E-state index contributed by atoms with van der Waals surface area (Å²) in [6, 6.07) is 4.37. The number of nitrogens with zero attached hydrogens (tertiary/aromatic N) is 2. The largest absolute Gasteiger partial charge is 0.481 e. The Kier molecular flexibility index (Phi) is 3.98. The monoisotopic (exact) mass is 262 g/mol. The second-order valence-electron chi connectivity index (χ2n) is 5.36. The molecule has 1 aromatic rings. The molecule has 0 aliphatic carbocycles. The number of hydrogen-bond acceptors (Lipinski definition) is 3. The number of rotatable bonds is 3. The lowest BCUT2D eigenvalue weighted by Gasteiger charge is -2.28. The molecule has 0 spiro atoms. The van der Waals surface area contributed by atoms with Crippen LogP contribution in [0.4, 0.5) is 11.4 Å². The van der Waals surface area contributed by atoms with Gasteiger partial charge in [0.15, 0.2) is 0 Å². The number of aryl methyl sites for hydroxylation is 2. The van der Waals surface area contributed by atoms with Gasteiger partial charge in [-0.2, -0.15) is 0 Å². The third kappa shape index (κ3) is 3.00. The highest BCUT2D eigenvalue weighted by Gasteiger charge is 2.21. The van der Waals surface area contributed by atoms with Gasteiger partial charge in [-0.3, -0.25) is 4.79 Å². The summed E-state index contributed by atoms with van der Waals surface area (Å²) in [7, 11) is 2.11. The summed E-state index contributed by atoms with van der Waals surface area (Å²) in [6.07, 6.45) is 1.25. The lowest BCUT2D eigenvalue weighted by molar-refractivity contribution is -0.136. The number of hydrogen-bond donors (Lipinski definition) is 1. The molecule has 1 aliphatic heterocycles. The maximum atomic E-state index is 10.8. The Labute approximate surface area is 114 Å². The molecule has 0 fully saturated rings. The van der Waals surface area contributed by atoms with Gasteiger partial charge in [0, 0.05) is 26.7 Å². The maximum absolute atomic E-state index is 10.8. The van der Waals surface area contributed by atoms with Crippen LogP contribution in [0.15, 0.2) is 12.1 Å². The third-order valence-electron chi connectivity index (χ3n) is 3.67. The molecule has 0 radical (unpaired) electrons. The van der Waals surface area contributed by atoms with Gasteiger partial charge in [0.2, 0.25) is 0 Å². The fourth-order valence-electron chi connectivity index (χ4n) is 2.83. The highest BCUT2D eigenvalue weighted by molar-refractivity contribution is 5.77. The van der Waals surface area contributed by atoms with E-state index in [0.717, 1.165) is 19.5 Å². The molecule has 19 heavy (non-hydrogen) atoms. The number of fused-ring (bicyclic) bond motifs is 1. The van der Waals surface area contributed by atoms with Crippen LogP contribution < -0.4 is 9.80 Å². The summed E-state index contributed by atoms with van der Waals surface area (Å²) < 4.78 is 0. The van der Waals surface area contributed by atoms with Crippen LogP contribution in [0.1, 0.15) is 24.0 Å². The van der Waals surface area contributed by atoms with E-state index in [1.54, 1.807) is 0 Å². The molecule has 0 saturated carbocycles. The quantitative estimate of drug-likeness (QED) is 0.908. The number of carboxylic acids is 1. The normalized spacial score (nSPS) is 15.1. The van der Waals surface area contributed by atoms with Crippen LogP contribution in [-0.4, -0.2) is 37.8 Å². The van der Waals surface area contributed by atoms with Crippen molar-refractivity contribution in [2.75, 3.05) is 36.5 Å². The first-order valence-corrected chi connectivity index (χ1v) is 6.78. The van der Waals surface area contributed by atoms with E-state index in [2.05, 4.69) is 42.8 Å². The van der Waals surface area contributed by atoms with E-state index < -0.39 is 5.97 Å². The molecule has 0 unspecified atom stereocenters. The minimum atomic E-state index is -0.732. The molecule has 1 N–H and O–H groups in total. The Balaban J connectivity index is 2.38. The van der Waals surface area contributed by atoms with Crippen molar-refractivity contribution in [2.24, 2.45) is 0 Å². The number of benzene rings is 1. The molecule has 0 bridgehead atoms. The zero-order valence-electron chi connectivity index (χ0n) is 11.9. The van der Waals surface area contributed by atoms with Crippen molar-refractivity contribution in [3.63, 3.8) is 0 Å². The van der Waals surface area contributed by atoms with Gasteiger partial charge >= 0.3 is 5.97 Å². The fourth-order valence-corrected chi connectivity index (χ4v) is 2.83. The van der Waals surface area contributed by atoms with E-state index in [4.69, 9.17) is 5.11 Å². The van der Waals surface area contributed by atoms with Crippen LogP contribution in [0.5, 0.6) is 0 Å². The van der Waals surface area contributed by atoms with Crippen molar-refractivity contribution in [3.8, 4) is 0 Å². The molecule has 4 heteroatoms. The number of aliphatic carboxylic acids is 1. The summed E-state index contributed by atoms with van der Waals surface area (Å²) in [5.74, 6) is -0.732. The van der Waals surface area contributed by atoms with Gasteiger partial charge in [0.05, 0.1) is 17.8 Å². The first kappa shape index (κ1) is 13.7. The van der Waals surface area contributed by atoms with Crippen LogP contribution >= 0.6 is 0 Å². The van der Waals surface area contributed by atoms with Gasteiger partial charge in [-0.25, -0.2) is 0 Å². The van der Waals surface area contributed by atoms with Crippen LogP contribution in [0.25, 0.3) is 0 Å². The number of carbonyl (C=O) groups is 1. The summed E-state index contributed by atoms with van der Waals surface area (Å²) in [5, 5.41) is 8.89. The van der Waals surface area contributed by atoms with Gasteiger partial charge in [-0.15, -0.1) is 0 Å². The highest BCUT2D eigenvalue weighted by Crippen LogP contribution is 2.35. The summed E-state index contributed by atoms with van der Waals surface area (Å²) in [6.45, 7) is 6.74. The minimum Gasteiger partial charge on any atom is -0.481 e. The average Bonchev–Trinajstić information content (AvgIpc) is 2.47. The van der Waals surface area contributed by atoms with E-state index in [1.165, 1.54) is 22.5 Å². The second-order valence-corrected chi connectivity index (χ2v) is 5.36. The van der Waals surface area contributed by atoms with Crippen molar-refractivity contribution in [1.82, 2.24) is 0 Å². The second kappa shape index (κ2) is 5.51. The van der Waals surface area contributed by atoms with Gasteiger partial charge in [0.1, 0.15) is 0 Å². The van der Waals surface area contributed by atoms with E-state index in [-0.39, 0.29) is 6.42 Å². The molecule has 0 amide bonds. The summed E-state index contributed by atoms with van der Waals surface area (Å²) in [4.78, 5) is 15.3. The molecule has 0 aromatic heterocycles. The van der Waals surface area contributed by atoms with Crippen molar-refractivity contribution in [2.45, 2.75) is 26.7 Å². The molecular formula is C15H22N2O2. The first-order valence-electron chi connectivity index (χ1n) is 6.78. The zero-order chi connectivity index (χ0) is 14.0. The summed E-state index contributed by atoms with van der Waals surface area (Å²) >= 11 is 0. The van der Waals surface area contributed by atoms with Crippen LogP contribution in [-0.2, 0) is 4.79 Å². The van der Waals surface area contributed by atoms with Crippen LogP contribution in [0.2, 0.25) is 0 Å². The Morgan fingerprint density at radius 1 is 1.32 bits per heavy atom. The van der Waals surface area contributed by atoms with Crippen LogP contribution in [0.3, 0.4) is 0 Å². The van der Waals surface area contributed by atoms with Crippen molar-refractivity contribution < 1.29 is 9.90 Å². The molecule has 0 saturated heterocycles. The molecule has 1 heterocycles. The molecule has 104 valence electrons. The standard InChI is InChI=1S/C15H22N2O2/c1-11-9-12(2)15-13(10-11)16(3)6-4-7-17(15)8-5-14(18)19/h9-10H,4-8H2,1-3H3,(H,18,19). The van der Waals surface area contributed by atoms with E-state index in [1.807, 2.05) is 0 Å². The predicted octanol–water partition coefficient (Wildman–Crippen LogP) is 2.42. The first-order chi connectivity index (χ1) is 8.99. The minimum absolute atomic E-state index is 0.191. The molecule has 1 aromatic carbocycles. The topological polar surface area (TPSA) is 43.8 Å². The average molecular weight is 262 g/mol. The third-order valence-corrected chi connectivity index (χ3v) is 3.67. The van der Waals surface area contributed by atoms with Gasteiger partial charge in [-0.1, -0.05) is 6.07 Å². The van der Waals surface area contributed by atoms with Crippen molar-refractivity contribution in [1.29, 1.82) is 0 Å². The van der Waals surface area contributed by atoms with Crippen molar-refractivity contribution in [3.05, 3.63) is 23.3 Å². The maximum Gasteiger partial charge on any atom is 0.305 e. The smallest absolute Gasteiger partial charge is 0.305 e. The predicted molar refractivity (Wildman–Crippen MR) is 78.3 cm³/mol. The Hall–Kier alpha value is -1.71. The molecular weight excluding hydrogens is 240 g/mol. The molecule has 2 rings (SSSR count). The molecule has 0 atom stereocenters. The number of carboxylic acid groups (broad SMARTS) is 1. The van der Waals surface area contributed by atoms with E-state index in [9.17, 15) is 4.79 Å². The Morgan fingerprint density at radius 2 is 2.05 bits per heavy atom. The van der Waals surface area contributed by atoms with Gasteiger partial charge in [0.25, 0.3) is 0 Å². The van der Waals surface area contributed by atoms with E-state index in [0.29, 0.717) is 6.54 Å². The molecule has 1 aliphatic rings. The van der Waals surface area contributed by atoms with Gasteiger partial charge < -0.3 is 14.9 Å².